The summed E-state index contributed by atoms with van der Waals surface area (Å²) >= 11 is 3.41. The van der Waals surface area contributed by atoms with Crippen molar-refractivity contribution in [2.75, 3.05) is 10.2 Å². The molecule has 112 valence electrons. The number of halogens is 1. The molecule has 2 amide bonds. The van der Waals surface area contributed by atoms with Gasteiger partial charge in [0.05, 0.1) is 5.69 Å². The Kier molecular flexibility index (Phi) is 3.98. The van der Waals surface area contributed by atoms with E-state index in [9.17, 15) is 9.59 Å². The minimum atomic E-state index is -0.512. The Morgan fingerprint density at radius 2 is 1.82 bits per heavy atom. The molecule has 0 unspecified atom stereocenters. The van der Waals surface area contributed by atoms with Crippen LogP contribution in [0.1, 0.15) is 12.5 Å². The summed E-state index contributed by atoms with van der Waals surface area (Å²) in [7, 11) is 0. The lowest BCUT2D eigenvalue weighted by Gasteiger charge is -2.23. The lowest BCUT2D eigenvalue weighted by molar-refractivity contribution is -0.122. The third-order valence-electron chi connectivity index (χ3n) is 3.75. The molecule has 5 heteroatoms. The number of rotatable bonds is 2. The maximum atomic E-state index is 12.6. The molecule has 1 aliphatic heterocycles. The van der Waals surface area contributed by atoms with E-state index < -0.39 is 6.04 Å². The van der Waals surface area contributed by atoms with Crippen molar-refractivity contribution >= 4 is 39.1 Å². The van der Waals surface area contributed by atoms with Crippen LogP contribution in [0.4, 0.5) is 11.4 Å². The van der Waals surface area contributed by atoms with E-state index in [1.54, 1.807) is 4.90 Å². The number of nitrogens with one attached hydrogen (secondary N) is 1. The normalized spacial score (nSPS) is 16.3. The van der Waals surface area contributed by atoms with Gasteiger partial charge in [0, 0.05) is 23.5 Å². The largest absolute Gasteiger partial charge is 0.323 e. The molecular formula is C17H15BrN2O2. The molecule has 3 rings (SSSR count). The fourth-order valence-corrected chi connectivity index (χ4v) is 3.15. The van der Waals surface area contributed by atoms with Crippen LogP contribution >= 0.6 is 15.9 Å². The summed E-state index contributed by atoms with van der Waals surface area (Å²) in [4.78, 5) is 26.2. The Morgan fingerprint density at radius 3 is 2.55 bits per heavy atom. The molecule has 0 saturated heterocycles. The van der Waals surface area contributed by atoms with Gasteiger partial charge in [0.1, 0.15) is 6.04 Å². The molecule has 4 nitrogen and oxygen atoms in total. The average molecular weight is 359 g/mol. The summed E-state index contributed by atoms with van der Waals surface area (Å²) in [6.45, 7) is 1.49. The number of carbonyl (C=O) groups is 2. The topological polar surface area (TPSA) is 49.4 Å². The molecule has 1 aliphatic rings. The second-order valence-corrected chi connectivity index (χ2v) is 6.06. The minimum absolute atomic E-state index is 0.128. The highest BCUT2D eigenvalue weighted by Gasteiger charge is 2.36. The van der Waals surface area contributed by atoms with E-state index in [-0.39, 0.29) is 11.8 Å². The van der Waals surface area contributed by atoms with Crippen LogP contribution < -0.4 is 10.2 Å². The highest BCUT2D eigenvalue weighted by atomic mass is 79.9. The number of nitrogens with zero attached hydrogens (tertiary/aromatic N) is 1. The Balaban J connectivity index is 1.87. The summed E-state index contributed by atoms with van der Waals surface area (Å²) < 4.78 is 0.813. The van der Waals surface area contributed by atoms with Gasteiger partial charge < -0.3 is 5.32 Å². The smallest absolute Gasteiger partial charge is 0.247 e. The Bertz CT molecular complexity index is 745. The Hall–Kier alpha value is -2.14. The second kappa shape index (κ2) is 5.93. The number of hydrogen-bond donors (Lipinski definition) is 1. The molecule has 0 spiro atoms. The molecule has 22 heavy (non-hydrogen) atoms. The van der Waals surface area contributed by atoms with Crippen LogP contribution in [0.25, 0.3) is 0 Å². The number of benzene rings is 2. The van der Waals surface area contributed by atoms with Crippen molar-refractivity contribution in [2.45, 2.75) is 19.4 Å². The molecule has 0 fully saturated rings. The van der Waals surface area contributed by atoms with Crippen LogP contribution in [0, 0.1) is 0 Å². The summed E-state index contributed by atoms with van der Waals surface area (Å²) in [5.74, 6) is -0.310. The molecule has 0 aliphatic carbocycles. The van der Waals surface area contributed by atoms with Gasteiger partial charge in [0.25, 0.3) is 0 Å². The zero-order chi connectivity index (χ0) is 15.7. The van der Waals surface area contributed by atoms with Crippen LogP contribution in [0.3, 0.4) is 0 Å². The first-order valence-electron chi connectivity index (χ1n) is 7.01. The van der Waals surface area contributed by atoms with Crippen molar-refractivity contribution in [3.8, 4) is 0 Å². The van der Waals surface area contributed by atoms with Crippen molar-refractivity contribution in [1.29, 1.82) is 0 Å². The number of anilines is 2. The predicted octanol–water partition coefficient (Wildman–Crippen LogP) is 3.37. The van der Waals surface area contributed by atoms with Crippen LogP contribution in [-0.2, 0) is 16.0 Å². The lowest BCUT2D eigenvalue weighted by atomic mass is 10.1. The van der Waals surface area contributed by atoms with E-state index in [0.717, 1.165) is 15.7 Å². The molecule has 1 N–H and O–H groups in total. The standard InChI is InChI=1S/C17H15BrN2O2/c1-11(21)20-15-9-5-2-6-12(15)10-16(20)17(22)19-14-8-4-3-7-13(14)18/h2-9,16H,10H2,1H3,(H,19,22)/t16-/m0/s1. The van der Waals surface area contributed by atoms with E-state index in [0.29, 0.717) is 12.1 Å². The van der Waals surface area contributed by atoms with Crippen molar-refractivity contribution in [2.24, 2.45) is 0 Å². The fourth-order valence-electron chi connectivity index (χ4n) is 2.76. The zero-order valence-corrected chi connectivity index (χ0v) is 13.6. The first kappa shape index (κ1) is 14.8. The number of amides is 2. The van der Waals surface area contributed by atoms with Gasteiger partial charge in [0.15, 0.2) is 0 Å². The number of carbonyl (C=O) groups excluding carboxylic acids is 2. The van der Waals surface area contributed by atoms with Crippen molar-refractivity contribution in [3.63, 3.8) is 0 Å². The van der Waals surface area contributed by atoms with Crippen molar-refractivity contribution in [3.05, 3.63) is 58.6 Å². The van der Waals surface area contributed by atoms with E-state index in [1.807, 2.05) is 48.5 Å². The maximum Gasteiger partial charge on any atom is 0.247 e. The molecule has 1 heterocycles. The van der Waals surface area contributed by atoms with Gasteiger partial charge in [-0.05, 0) is 39.7 Å². The monoisotopic (exact) mass is 358 g/mol. The molecule has 0 saturated carbocycles. The molecule has 0 radical (unpaired) electrons. The molecule has 0 bridgehead atoms. The lowest BCUT2D eigenvalue weighted by Crippen LogP contribution is -2.44. The van der Waals surface area contributed by atoms with Gasteiger partial charge in [-0.15, -0.1) is 0 Å². The first-order chi connectivity index (χ1) is 10.6. The average Bonchev–Trinajstić information content (AvgIpc) is 2.89. The van der Waals surface area contributed by atoms with Crippen LogP contribution in [0.5, 0.6) is 0 Å². The SMILES string of the molecule is CC(=O)N1c2ccccc2C[C@H]1C(=O)Nc1ccccc1Br. The zero-order valence-electron chi connectivity index (χ0n) is 12.0. The summed E-state index contributed by atoms with van der Waals surface area (Å²) in [6.07, 6.45) is 0.534. The molecule has 2 aromatic rings. The summed E-state index contributed by atoms with van der Waals surface area (Å²) in [5.41, 5.74) is 2.54. The number of fused-ring (bicyclic) bond motifs is 1. The highest BCUT2D eigenvalue weighted by molar-refractivity contribution is 9.10. The van der Waals surface area contributed by atoms with Gasteiger partial charge in [-0.2, -0.15) is 0 Å². The van der Waals surface area contributed by atoms with Crippen LogP contribution in [0.15, 0.2) is 53.0 Å². The predicted molar refractivity (Wildman–Crippen MR) is 89.9 cm³/mol. The Labute approximate surface area is 137 Å². The number of hydrogen-bond acceptors (Lipinski definition) is 2. The van der Waals surface area contributed by atoms with Gasteiger partial charge >= 0.3 is 0 Å². The molecular weight excluding hydrogens is 344 g/mol. The van der Waals surface area contributed by atoms with E-state index in [1.165, 1.54) is 6.92 Å². The first-order valence-corrected chi connectivity index (χ1v) is 7.80. The summed E-state index contributed by atoms with van der Waals surface area (Å²) in [5, 5.41) is 2.89. The molecule has 1 atom stereocenters. The van der Waals surface area contributed by atoms with Crippen molar-refractivity contribution in [1.82, 2.24) is 0 Å². The van der Waals surface area contributed by atoms with Gasteiger partial charge in [-0.3, -0.25) is 14.5 Å². The van der Waals surface area contributed by atoms with Crippen molar-refractivity contribution < 1.29 is 9.59 Å². The minimum Gasteiger partial charge on any atom is -0.323 e. The fraction of sp³-hybridized carbons (Fsp3) is 0.176. The van der Waals surface area contributed by atoms with Crippen LogP contribution in [-0.4, -0.2) is 17.9 Å². The van der Waals surface area contributed by atoms with E-state index in [2.05, 4.69) is 21.2 Å². The van der Waals surface area contributed by atoms with Gasteiger partial charge in [-0.25, -0.2) is 0 Å². The second-order valence-electron chi connectivity index (χ2n) is 5.21. The quantitative estimate of drug-likeness (QED) is 0.894. The third-order valence-corrected chi connectivity index (χ3v) is 4.44. The molecule has 0 aromatic heterocycles. The van der Waals surface area contributed by atoms with E-state index >= 15 is 0 Å². The Morgan fingerprint density at radius 1 is 1.14 bits per heavy atom. The van der Waals surface area contributed by atoms with Crippen LogP contribution in [0.2, 0.25) is 0 Å². The maximum absolute atomic E-state index is 12.6. The van der Waals surface area contributed by atoms with Gasteiger partial charge in [0.2, 0.25) is 11.8 Å². The third kappa shape index (κ3) is 2.64. The molecule has 2 aromatic carbocycles. The van der Waals surface area contributed by atoms with Gasteiger partial charge in [-0.1, -0.05) is 30.3 Å². The highest BCUT2D eigenvalue weighted by Crippen LogP contribution is 2.33. The number of para-hydroxylation sites is 2. The summed E-state index contributed by atoms with van der Waals surface area (Å²) in [6, 6.07) is 14.5. The van der Waals surface area contributed by atoms with E-state index in [4.69, 9.17) is 0 Å².